The Bertz CT molecular complexity index is 562. The topological polar surface area (TPSA) is 35.2 Å². The van der Waals surface area contributed by atoms with Gasteiger partial charge >= 0.3 is 0 Å². The van der Waals surface area contributed by atoms with Crippen molar-refractivity contribution in [2.24, 2.45) is 5.73 Å². The average Bonchev–Trinajstić information content (AvgIpc) is 2.93. The zero-order chi connectivity index (χ0) is 13.1. The Kier molecular flexibility index (Phi) is 3.85. The van der Waals surface area contributed by atoms with E-state index >= 15 is 0 Å². The molecule has 1 heterocycles. The van der Waals surface area contributed by atoms with Gasteiger partial charge in [-0.1, -0.05) is 6.07 Å². The van der Waals surface area contributed by atoms with Crippen molar-refractivity contribution < 1.29 is 4.74 Å². The highest BCUT2D eigenvalue weighted by molar-refractivity contribution is 7.11. The lowest BCUT2D eigenvalue weighted by atomic mass is 9.92. The molecule has 2 nitrogen and oxygen atoms in total. The summed E-state index contributed by atoms with van der Waals surface area (Å²) in [7, 11) is 0. The van der Waals surface area contributed by atoms with Gasteiger partial charge in [-0.05, 0) is 61.1 Å². The molecule has 0 bridgehead atoms. The van der Waals surface area contributed by atoms with Crippen LogP contribution in [0.5, 0.6) is 5.75 Å². The van der Waals surface area contributed by atoms with Crippen LogP contribution in [0.4, 0.5) is 0 Å². The van der Waals surface area contributed by atoms with Gasteiger partial charge in [-0.15, -0.1) is 11.3 Å². The van der Waals surface area contributed by atoms with E-state index in [9.17, 15) is 0 Å². The van der Waals surface area contributed by atoms with Crippen LogP contribution in [0.2, 0.25) is 0 Å². The Balaban J connectivity index is 1.66. The van der Waals surface area contributed by atoms with Crippen molar-refractivity contribution in [2.75, 3.05) is 0 Å². The van der Waals surface area contributed by atoms with Crippen LogP contribution in [0, 0.1) is 0 Å². The summed E-state index contributed by atoms with van der Waals surface area (Å²) in [6.07, 6.45) is 5.05. The van der Waals surface area contributed by atoms with Crippen molar-refractivity contribution in [3.05, 3.63) is 51.2 Å². The summed E-state index contributed by atoms with van der Waals surface area (Å²) < 4.78 is 5.89. The van der Waals surface area contributed by atoms with Crippen LogP contribution in [0.1, 0.15) is 33.7 Å². The summed E-state index contributed by atoms with van der Waals surface area (Å²) in [5.74, 6) is 0.989. The maximum atomic E-state index is 5.89. The molecule has 0 radical (unpaired) electrons. The quantitative estimate of drug-likeness (QED) is 0.922. The van der Waals surface area contributed by atoms with Gasteiger partial charge in [-0.2, -0.15) is 0 Å². The maximum Gasteiger partial charge on any atom is 0.122 e. The van der Waals surface area contributed by atoms with Gasteiger partial charge in [0, 0.05) is 16.3 Å². The first kappa shape index (κ1) is 12.7. The minimum absolute atomic E-state index is 0.615. The van der Waals surface area contributed by atoms with Gasteiger partial charge < -0.3 is 10.5 Å². The minimum Gasteiger partial charge on any atom is -0.488 e. The number of thiophene rings is 1. The smallest absolute Gasteiger partial charge is 0.122 e. The number of hydrogen-bond donors (Lipinski definition) is 1. The maximum absolute atomic E-state index is 5.89. The third-order valence-electron chi connectivity index (χ3n) is 3.62. The fourth-order valence-electron chi connectivity index (χ4n) is 2.56. The van der Waals surface area contributed by atoms with Crippen molar-refractivity contribution in [3.8, 4) is 5.75 Å². The van der Waals surface area contributed by atoms with Gasteiger partial charge in [0.15, 0.2) is 0 Å². The highest BCUT2D eigenvalue weighted by Gasteiger charge is 2.10. The molecule has 0 spiro atoms. The molecule has 0 aliphatic heterocycles. The van der Waals surface area contributed by atoms with Gasteiger partial charge in [0.2, 0.25) is 0 Å². The van der Waals surface area contributed by atoms with Crippen molar-refractivity contribution in [1.29, 1.82) is 0 Å². The Morgan fingerprint density at radius 3 is 2.58 bits per heavy atom. The lowest BCUT2D eigenvalue weighted by molar-refractivity contribution is 0.309. The molecule has 1 aliphatic rings. The van der Waals surface area contributed by atoms with Crippen LogP contribution >= 0.6 is 11.3 Å². The molecule has 0 fully saturated rings. The van der Waals surface area contributed by atoms with Crippen molar-refractivity contribution in [1.82, 2.24) is 0 Å². The molecule has 2 aromatic rings. The Morgan fingerprint density at radius 2 is 1.79 bits per heavy atom. The van der Waals surface area contributed by atoms with E-state index in [-0.39, 0.29) is 0 Å². The second-order valence-corrected chi connectivity index (χ2v) is 6.25. The third-order valence-corrected chi connectivity index (χ3v) is 4.70. The first-order chi connectivity index (χ1) is 9.35. The number of aryl methyl sites for hydroxylation is 2. The van der Waals surface area contributed by atoms with Gasteiger partial charge in [-0.3, -0.25) is 0 Å². The molecule has 19 heavy (non-hydrogen) atoms. The number of ether oxygens (including phenoxy) is 1. The molecule has 0 saturated carbocycles. The summed E-state index contributed by atoms with van der Waals surface area (Å²) in [5, 5.41) is 0. The van der Waals surface area contributed by atoms with E-state index in [1.54, 1.807) is 11.3 Å². The van der Waals surface area contributed by atoms with Crippen LogP contribution in [0.25, 0.3) is 0 Å². The first-order valence-electron chi connectivity index (χ1n) is 6.87. The summed E-state index contributed by atoms with van der Waals surface area (Å²) in [6, 6.07) is 10.7. The largest absolute Gasteiger partial charge is 0.488 e. The lowest BCUT2D eigenvalue weighted by Gasteiger charge is -2.16. The van der Waals surface area contributed by atoms with Gasteiger partial charge in [0.1, 0.15) is 12.4 Å². The van der Waals surface area contributed by atoms with E-state index in [2.05, 4.69) is 30.3 Å². The summed E-state index contributed by atoms with van der Waals surface area (Å²) in [4.78, 5) is 2.45. The van der Waals surface area contributed by atoms with E-state index in [0.717, 1.165) is 5.75 Å². The van der Waals surface area contributed by atoms with E-state index in [0.29, 0.717) is 13.2 Å². The standard InChI is InChI=1S/C16H19NOS/c17-10-15-7-8-16(19-15)11-18-14-6-5-12-3-1-2-4-13(12)9-14/h5-9H,1-4,10-11,17H2. The van der Waals surface area contributed by atoms with E-state index < -0.39 is 0 Å². The van der Waals surface area contributed by atoms with Crippen molar-refractivity contribution >= 4 is 11.3 Å². The summed E-state index contributed by atoms with van der Waals surface area (Å²) in [6.45, 7) is 1.26. The molecule has 3 rings (SSSR count). The minimum atomic E-state index is 0.615. The molecule has 0 saturated heterocycles. The number of fused-ring (bicyclic) bond motifs is 1. The predicted molar refractivity (Wildman–Crippen MR) is 79.6 cm³/mol. The van der Waals surface area contributed by atoms with Crippen LogP contribution in [0.15, 0.2) is 30.3 Å². The first-order valence-corrected chi connectivity index (χ1v) is 7.69. The van der Waals surface area contributed by atoms with E-state index in [1.165, 1.54) is 46.6 Å². The fourth-order valence-corrected chi connectivity index (χ4v) is 3.37. The predicted octanol–water partition coefficient (Wildman–Crippen LogP) is 3.66. The molecule has 0 amide bonds. The third kappa shape index (κ3) is 2.99. The molecular formula is C16H19NOS. The van der Waals surface area contributed by atoms with Gasteiger partial charge in [0.25, 0.3) is 0 Å². The lowest BCUT2D eigenvalue weighted by Crippen LogP contribution is -2.03. The highest BCUT2D eigenvalue weighted by atomic mass is 32.1. The Labute approximate surface area is 118 Å². The van der Waals surface area contributed by atoms with Crippen molar-refractivity contribution in [2.45, 2.75) is 38.8 Å². The second kappa shape index (κ2) is 5.76. The normalized spacial score (nSPS) is 14.2. The molecule has 2 N–H and O–H groups in total. The van der Waals surface area contributed by atoms with Crippen LogP contribution in [-0.4, -0.2) is 0 Å². The van der Waals surface area contributed by atoms with Crippen LogP contribution < -0.4 is 10.5 Å². The van der Waals surface area contributed by atoms with Crippen LogP contribution in [-0.2, 0) is 26.0 Å². The number of hydrogen-bond acceptors (Lipinski definition) is 3. The highest BCUT2D eigenvalue weighted by Crippen LogP contribution is 2.26. The monoisotopic (exact) mass is 273 g/mol. The molecule has 3 heteroatoms. The number of rotatable bonds is 4. The summed E-state index contributed by atoms with van der Waals surface area (Å²) in [5.41, 5.74) is 8.59. The number of nitrogens with two attached hydrogens (primary N) is 1. The molecule has 0 atom stereocenters. The average molecular weight is 273 g/mol. The molecule has 1 aromatic heterocycles. The van der Waals surface area contributed by atoms with E-state index in [4.69, 9.17) is 10.5 Å². The van der Waals surface area contributed by atoms with Crippen molar-refractivity contribution in [3.63, 3.8) is 0 Å². The molecule has 0 unspecified atom stereocenters. The fraction of sp³-hybridized carbons (Fsp3) is 0.375. The van der Waals surface area contributed by atoms with Crippen LogP contribution in [0.3, 0.4) is 0 Å². The molecule has 100 valence electrons. The Hall–Kier alpha value is -1.32. The molecule has 1 aliphatic carbocycles. The van der Waals surface area contributed by atoms with Gasteiger partial charge in [0.05, 0.1) is 0 Å². The zero-order valence-electron chi connectivity index (χ0n) is 11.0. The molecular weight excluding hydrogens is 254 g/mol. The van der Waals surface area contributed by atoms with Gasteiger partial charge in [-0.25, -0.2) is 0 Å². The van der Waals surface area contributed by atoms with E-state index in [1.807, 2.05) is 0 Å². The SMILES string of the molecule is NCc1ccc(COc2ccc3c(c2)CCCC3)s1. The zero-order valence-corrected chi connectivity index (χ0v) is 11.8. The molecule has 1 aromatic carbocycles. The summed E-state index contributed by atoms with van der Waals surface area (Å²) >= 11 is 1.73. The number of benzene rings is 1. The second-order valence-electron chi connectivity index (χ2n) is 5.00. The Morgan fingerprint density at radius 1 is 1.00 bits per heavy atom.